The Kier molecular flexibility index (Phi) is 1540. The molecule has 0 saturated heterocycles. The zero-order chi connectivity index (χ0) is 2.71. The third-order valence-corrected chi connectivity index (χ3v) is 0. The minimum Gasteiger partial charge on any atom is -0.412 e. The molecule has 0 aliphatic rings. The zero-order valence-electron chi connectivity index (χ0n) is 9.36. The molecule has 0 aliphatic heterocycles. The third kappa shape index (κ3) is 268. The predicted octanol–water partition coefficient (Wildman–Crippen LogP) is 2.84. The van der Waals surface area contributed by atoms with Crippen molar-refractivity contribution in [1.29, 1.82) is 0 Å². The van der Waals surface area contributed by atoms with Crippen LogP contribution in [0, 0.1) is 37.1 Å². The van der Waals surface area contributed by atoms with Gasteiger partial charge in [0, 0.05) is 32.7 Å². The standard InChI is InChI=1S/C3H8.5CH3.H2O.2Y/c1-3-2;;;;;;;;/h3H2,1-2H3;5*1H3;1H2;;/q;5*-1;;;+3. The van der Waals surface area contributed by atoms with E-state index in [0.29, 0.717) is 0 Å². The second-order valence-corrected chi connectivity index (χ2v) is 0.707. The Balaban J connectivity index is -0.000000000714. The molecular weight excluding hydrogens is 290 g/mol. The predicted molar refractivity (Wildman–Crippen MR) is 51.6 cm³/mol. The summed E-state index contributed by atoms with van der Waals surface area (Å²) in [7, 11) is 0. The number of hydrogen-bond donors (Lipinski definition) is 0. The van der Waals surface area contributed by atoms with E-state index in [1.54, 1.807) is 0 Å². The van der Waals surface area contributed by atoms with Gasteiger partial charge in [-0.25, -0.2) is 0 Å². The van der Waals surface area contributed by atoms with Crippen molar-refractivity contribution in [2.24, 2.45) is 0 Å². The van der Waals surface area contributed by atoms with Crippen LogP contribution in [-0.4, -0.2) is 5.48 Å². The van der Waals surface area contributed by atoms with Gasteiger partial charge in [0.1, 0.15) is 0 Å². The molecule has 0 heterocycles. The van der Waals surface area contributed by atoms with Crippen LogP contribution in [0.5, 0.6) is 0 Å². The van der Waals surface area contributed by atoms with Gasteiger partial charge in [0.2, 0.25) is 0 Å². The van der Waals surface area contributed by atoms with Gasteiger partial charge in [-0.3, -0.25) is 0 Å². The molecule has 0 spiro atoms. The molecule has 0 amide bonds. The molecule has 71 valence electrons. The molecule has 0 unspecified atom stereocenters. The van der Waals surface area contributed by atoms with Gasteiger partial charge in [-0.1, -0.05) is 20.3 Å². The van der Waals surface area contributed by atoms with Crippen LogP contribution in [0.25, 0.3) is 0 Å². The van der Waals surface area contributed by atoms with Crippen LogP contribution in [-0.2, 0) is 65.4 Å². The quantitative estimate of drug-likeness (QED) is 0.616. The molecule has 3 heteroatoms. The first-order valence-corrected chi connectivity index (χ1v) is 1.41. The maximum Gasteiger partial charge on any atom is 3.00 e. The molecule has 1 nitrogen and oxygen atoms in total. The van der Waals surface area contributed by atoms with Crippen molar-refractivity contribution in [3.05, 3.63) is 37.1 Å². The molecular formula is C8H25OY2-2. The van der Waals surface area contributed by atoms with Crippen LogP contribution < -0.4 is 0 Å². The Hall–Kier alpha value is 2.17. The molecule has 0 rings (SSSR count). The van der Waals surface area contributed by atoms with Crippen LogP contribution in [0.4, 0.5) is 0 Å². The maximum absolute atomic E-state index is 2.12. The van der Waals surface area contributed by atoms with Crippen LogP contribution in [0.2, 0.25) is 0 Å². The van der Waals surface area contributed by atoms with Crippen molar-refractivity contribution in [2.45, 2.75) is 20.3 Å². The van der Waals surface area contributed by atoms with E-state index in [-0.39, 0.29) is 108 Å². The van der Waals surface area contributed by atoms with Crippen LogP contribution in [0.3, 0.4) is 0 Å². The monoisotopic (exact) mass is 315 g/mol. The molecule has 2 N–H and O–H groups in total. The van der Waals surface area contributed by atoms with E-state index in [4.69, 9.17) is 0 Å². The normalized spacial score (nSPS) is 1.64. The molecule has 0 bridgehead atoms. The van der Waals surface area contributed by atoms with Crippen LogP contribution in [0.15, 0.2) is 0 Å². The summed E-state index contributed by atoms with van der Waals surface area (Å²) in [6, 6.07) is 0. The smallest absolute Gasteiger partial charge is 0.412 e. The first-order chi connectivity index (χ1) is 1.41. The summed E-state index contributed by atoms with van der Waals surface area (Å²) in [5.41, 5.74) is 0. The van der Waals surface area contributed by atoms with Gasteiger partial charge < -0.3 is 42.6 Å². The largest absolute Gasteiger partial charge is 3.00 e. The van der Waals surface area contributed by atoms with Gasteiger partial charge in [-0.2, -0.15) is 0 Å². The fourth-order valence-corrected chi connectivity index (χ4v) is 0. The summed E-state index contributed by atoms with van der Waals surface area (Å²) in [5.74, 6) is 0. The Morgan fingerprint density at radius 2 is 0.727 bits per heavy atom. The molecule has 0 fully saturated rings. The van der Waals surface area contributed by atoms with Crippen molar-refractivity contribution in [3.63, 3.8) is 0 Å². The van der Waals surface area contributed by atoms with Crippen molar-refractivity contribution < 1.29 is 70.9 Å². The number of rotatable bonds is 0. The van der Waals surface area contributed by atoms with Gasteiger partial charge in [-0.15, -0.1) is 0 Å². The van der Waals surface area contributed by atoms with E-state index < -0.39 is 0 Å². The average Bonchev–Trinajstić information content (AvgIpc) is 0.918. The van der Waals surface area contributed by atoms with Crippen molar-refractivity contribution >= 4 is 0 Å². The third-order valence-electron chi connectivity index (χ3n) is 0. The van der Waals surface area contributed by atoms with Crippen LogP contribution >= 0.6 is 0 Å². The van der Waals surface area contributed by atoms with Crippen LogP contribution in [0.1, 0.15) is 20.3 Å². The average molecular weight is 315 g/mol. The van der Waals surface area contributed by atoms with Crippen molar-refractivity contribution in [2.75, 3.05) is 0 Å². The summed E-state index contributed by atoms with van der Waals surface area (Å²) in [5, 5.41) is 0. The van der Waals surface area contributed by atoms with Gasteiger partial charge in [0.05, 0.1) is 0 Å². The van der Waals surface area contributed by atoms with Gasteiger partial charge >= 0.3 is 32.7 Å². The minimum absolute atomic E-state index is 0. The van der Waals surface area contributed by atoms with E-state index >= 15 is 0 Å². The Morgan fingerprint density at radius 1 is 0.727 bits per heavy atom. The summed E-state index contributed by atoms with van der Waals surface area (Å²) < 4.78 is 0. The van der Waals surface area contributed by atoms with Crippen molar-refractivity contribution in [1.82, 2.24) is 0 Å². The summed E-state index contributed by atoms with van der Waals surface area (Å²) in [4.78, 5) is 0. The second kappa shape index (κ2) is 151. The fourth-order valence-electron chi connectivity index (χ4n) is 0. The van der Waals surface area contributed by atoms with Gasteiger partial charge in [-0.05, 0) is 0 Å². The molecule has 1 radical (unpaired) electrons. The minimum atomic E-state index is 0. The summed E-state index contributed by atoms with van der Waals surface area (Å²) >= 11 is 0. The molecule has 11 heavy (non-hydrogen) atoms. The van der Waals surface area contributed by atoms with E-state index in [1.807, 2.05) is 0 Å². The zero-order valence-corrected chi connectivity index (χ0v) is 15.0. The Labute approximate surface area is 127 Å². The maximum atomic E-state index is 2.12. The molecule has 0 aliphatic carbocycles. The van der Waals surface area contributed by atoms with Gasteiger partial charge in [0.15, 0.2) is 0 Å². The van der Waals surface area contributed by atoms with Gasteiger partial charge in [0.25, 0.3) is 0 Å². The van der Waals surface area contributed by atoms with E-state index in [9.17, 15) is 0 Å². The molecule has 0 atom stereocenters. The molecule has 0 saturated carbocycles. The molecule has 0 aromatic carbocycles. The topological polar surface area (TPSA) is 31.5 Å². The Morgan fingerprint density at radius 3 is 0.727 bits per heavy atom. The SMILES string of the molecule is CCC.O.[CH3-].[CH3-].[CH3-].[CH3-].[CH3-].[Y+3].[Y]. The Bertz CT molecular complexity index is 12.1. The molecule has 0 aromatic rings. The summed E-state index contributed by atoms with van der Waals surface area (Å²) in [6.45, 7) is 4.25. The van der Waals surface area contributed by atoms with E-state index in [1.165, 1.54) is 6.42 Å². The molecule has 0 aromatic heterocycles. The fraction of sp³-hybridized carbons (Fsp3) is 0.375. The van der Waals surface area contributed by atoms with E-state index in [2.05, 4.69) is 13.8 Å². The first kappa shape index (κ1) is 112. The van der Waals surface area contributed by atoms with Crippen molar-refractivity contribution in [3.8, 4) is 0 Å². The summed E-state index contributed by atoms with van der Waals surface area (Å²) in [6.07, 6.45) is 1.25. The van der Waals surface area contributed by atoms with E-state index in [0.717, 1.165) is 0 Å². The second-order valence-electron chi connectivity index (χ2n) is 0.707. The number of hydrogen-bond acceptors (Lipinski definition) is 0. The first-order valence-electron chi connectivity index (χ1n) is 1.41.